The number of hydrogen-bond donors (Lipinski definition) is 2. The Kier molecular flexibility index (Phi) is 5.46. The average molecular weight is 474 g/mol. The predicted molar refractivity (Wildman–Crippen MR) is 112 cm³/mol. The van der Waals surface area contributed by atoms with Crippen molar-refractivity contribution >= 4 is 23.4 Å². The van der Waals surface area contributed by atoms with E-state index in [2.05, 4.69) is 35.8 Å². The van der Waals surface area contributed by atoms with Crippen LogP contribution in [0.5, 0.6) is 0 Å². The SMILES string of the molecule is O=C1c2ncc(F)cc2CN1c1ccc(N[C@H]2CC[C@H](Nc3ncc(C(F)(F)F)nn3)C2)nc1. The third-order valence-electron chi connectivity index (χ3n) is 5.74. The molecule has 13 heteroatoms. The first-order valence-corrected chi connectivity index (χ1v) is 10.5. The minimum absolute atomic E-state index is 0.0241. The van der Waals surface area contributed by atoms with Crippen molar-refractivity contribution in [3.8, 4) is 0 Å². The van der Waals surface area contributed by atoms with Crippen LogP contribution >= 0.6 is 0 Å². The summed E-state index contributed by atoms with van der Waals surface area (Å²) in [7, 11) is 0. The average Bonchev–Trinajstić information content (AvgIpc) is 3.37. The highest BCUT2D eigenvalue weighted by molar-refractivity contribution is 6.08. The second-order valence-electron chi connectivity index (χ2n) is 8.11. The molecule has 3 aromatic rings. The number of nitrogens with one attached hydrogen (secondary N) is 2. The molecular formula is C21H18F4N8O. The highest BCUT2D eigenvalue weighted by atomic mass is 19.4. The zero-order valence-corrected chi connectivity index (χ0v) is 17.6. The second kappa shape index (κ2) is 8.47. The fourth-order valence-corrected chi connectivity index (χ4v) is 4.11. The number of fused-ring (bicyclic) bond motifs is 1. The molecule has 176 valence electrons. The molecule has 9 nitrogen and oxygen atoms in total. The monoisotopic (exact) mass is 474 g/mol. The summed E-state index contributed by atoms with van der Waals surface area (Å²) in [5.41, 5.74) is 0.206. The number of pyridine rings is 2. The first kappa shape index (κ1) is 21.9. The largest absolute Gasteiger partial charge is 0.436 e. The molecule has 0 bridgehead atoms. The molecular weight excluding hydrogens is 456 g/mol. The molecule has 1 fully saturated rings. The molecule has 0 saturated heterocycles. The Morgan fingerprint density at radius 1 is 0.971 bits per heavy atom. The topological polar surface area (TPSA) is 109 Å². The first-order chi connectivity index (χ1) is 16.3. The number of anilines is 3. The molecule has 2 N–H and O–H groups in total. The normalized spacial score (nSPS) is 19.9. The van der Waals surface area contributed by atoms with Gasteiger partial charge in [-0.25, -0.2) is 19.3 Å². The van der Waals surface area contributed by atoms with Crippen molar-refractivity contribution in [3.63, 3.8) is 0 Å². The van der Waals surface area contributed by atoms with Gasteiger partial charge < -0.3 is 15.5 Å². The van der Waals surface area contributed by atoms with Crippen LogP contribution in [0, 0.1) is 5.82 Å². The van der Waals surface area contributed by atoms with Crippen LogP contribution in [0.3, 0.4) is 0 Å². The van der Waals surface area contributed by atoms with Crippen LogP contribution in [0.2, 0.25) is 0 Å². The van der Waals surface area contributed by atoms with Crippen LogP contribution in [-0.4, -0.2) is 43.1 Å². The van der Waals surface area contributed by atoms with Crippen molar-refractivity contribution < 1.29 is 22.4 Å². The summed E-state index contributed by atoms with van der Waals surface area (Å²) in [6.45, 7) is 0.226. The Balaban J connectivity index is 1.16. The van der Waals surface area contributed by atoms with Gasteiger partial charge >= 0.3 is 6.18 Å². The fourth-order valence-electron chi connectivity index (χ4n) is 4.11. The molecule has 34 heavy (non-hydrogen) atoms. The van der Waals surface area contributed by atoms with Gasteiger partial charge in [-0.3, -0.25) is 4.79 Å². The van der Waals surface area contributed by atoms with E-state index in [0.717, 1.165) is 19.0 Å². The Bertz CT molecular complexity index is 1200. The lowest BCUT2D eigenvalue weighted by atomic mass is 10.2. The zero-order chi connectivity index (χ0) is 23.9. The number of rotatable bonds is 5. The molecule has 0 aromatic carbocycles. The lowest BCUT2D eigenvalue weighted by Gasteiger charge is -2.17. The molecule has 4 heterocycles. The van der Waals surface area contributed by atoms with Crippen LogP contribution in [0.1, 0.15) is 41.0 Å². The number of alkyl halides is 3. The molecule has 1 aliphatic heterocycles. The summed E-state index contributed by atoms with van der Waals surface area (Å²) >= 11 is 0. The van der Waals surface area contributed by atoms with E-state index >= 15 is 0 Å². The molecule has 1 aliphatic carbocycles. The highest BCUT2D eigenvalue weighted by Crippen LogP contribution is 2.29. The third-order valence-corrected chi connectivity index (χ3v) is 5.74. The maximum absolute atomic E-state index is 13.4. The molecule has 1 saturated carbocycles. The Morgan fingerprint density at radius 3 is 2.44 bits per heavy atom. The maximum atomic E-state index is 13.4. The number of nitrogens with zero attached hydrogens (tertiary/aromatic N) is 6. The van der Waals surface area contributed by atoms with Gasteiger partial charge in [0.25, 0.3) is 5.91 Å². The van der Waals surface area contributed by atoms with E-state index < -0.39 is 17.7 Å². The number of amides is 1. The number of halogens is 4. The van der Waals surface area contributed by atoms with Gasteiger partial charge in [0.2, 0.25) is 5.95 Å². The summed E-state index contributed by atoms with van der Waals surface area (Å²) in [6.07, 6.45) is 0.928. The first-order valence-electron chi connectivity index (χ1n) is 10.5. The molecule has 0 radical (unpaired) electrons. The van der Waals surface area contributed by atoms with Crippen LogP contribution < -0.4 is 15.5 Å². The highest BCUT2D eigenvalue weighted by Gasteiger charge is 2.34. The lowest BCUT2D eigenvalue weighted by molar-refractivity contribution is -0.142. The van der Waals surface area contributed by atoms with Crippen molar-refractivity contribution in [2.45, 2.75) is 44.1 Å². The van der Waals surface area contributed by atoms with Crippen molar-refractivity contribution in [3.05, 3.63) is 59.6 Å². The van der Waals surface area contributed by atoms with Crippen molar-refractivity contribution in [2.24, 2.45) is 0 Å². The van der Waals surface area contributed by atoms with Crippen molar-refractivity contribution in [1.29, 1.82) is 0 Å². The van der Waals surface area contributed by atoms with Gasteiger partial charge in [-0.1, -0.05) is 0 Å². The van der Waals surface area contributed by atoms with E-state index in [0.29, 0.717) is 29.7 Å². The molecule has 0 unspecified atom stereocenters. The third kappa shape index (κ3) is 4.45. The van der Waals surface area contributed by atoms with E-state index in [9.17, 15) is 22.4 Å². The summed E-state index contributed by atoms with van der Waals surface area (Å²) in [6, 6.07) is 4.87. The summed E-state index contributed by atoms with van der Waals surface area (Å²) in [5, 5.41) is 13.0. The minimum atomic E-state index is -4.58. The van der Waals surface area contributed by atoms with E-state index in [1.807, 2.05) is 0 Å². The Hall–Kier alpha value is -3.90. The van der Waals surface area contributed by atoms with Crippen LogP contribution in [-0.2, 0) is 12.7 Å². The number of hydrogen-bond acceptors (Lipinski definition) is 8. The number of carbonyl (C=O) groups excluding carboxylic acids is 1. The quantitative estimate of drug-likeness (QED) is 0.542. The Labute approximate surface area is 190 Å². The molecule has 5 rings (SSSR count). The van der Waals surface area contributed by atoms with Crippen LogP contribution in [0.25, 0.3) is 0 Å². The van der Waals surface area contributed by atoms with Gasteiger partial charge in [-0.05, 0) is 37.5 Å². The summed E-state index contributed by atoms with van der Waals surface area (Å²) in [5.74, 6) is -0.124. The molecule has 1 amide bonds. The minimum Gasteiger partial charge on any atom is -0.367 e. The smallest absolute Gasteiger partial charge is 0.367 e. The van der Waals surface area contributed by atoms with Gasteiger partial charge in [0, 0.05) is 17.6 Å². The number of carbonyl (C=O) groups is 1. The van der Waals surface area contributed by atoms with E-state index in [1.165, 1.54) is 11.0 Å². The van der Waals surface area contributed by atoms with Gasteiger partial charge in [0.05, 0.1) is 30.8 Å². The maximum Gasteiger partial charge on any atom is 0.436 e. The molecule has 2 atom stereocenters. The van der Waals surface area contributed by atoms with Gasteiger partial charge in [-0.15, -0.1) is 10.2 Å². The van der Waals surface area contributed by atoms with Crippen molar-refractivity contribution in [1.82, 2.24) is 25.1 Å². The Morgan fingerprint density at radius 2 is 1.76 bits per heavy atom. The van der Waals surface area contributed by atoms with Crippen LogP contribution in [0.4, 0.5) is 35.0 Å². The molecule has 3 aromatic heterocycles. The van der Waals surface area contributed by atoms with Gasteiger partial charge in [-0.2, -0.15) is 13.2 Å². The standard InChI is InChI=1S/C21H18F4N8O/c22-12-5-11-10-33(19(34)18(11)27-7-12)15-3-4-17(26-8-15)29-13-1-2-14(6-13)30-20-28-9-16(31-32-20)21(23,24)25/h3-5,7-9,13-14H,1-2,6,10H2,(H,26,29)(H,28,30,32)/t13-,14-/m0/s1. The van der Waals surface area contributed by atoms with E-state index in [4.69, 9.17) is 0 Å². The van der Waals surface area contributed by atoms with Crippen LogP contribution in [0.15, 0.2) is 36.8 Å². The molecule has 0 spiro atoms. The summed E-state index contributed by atoms with van der Waals surface area (Å²) in [4.78, 5) is 26.0. The van der Waals surface area contributed by atoms with E-state index in [-0.39, 0.29) is 36.2 Å². The zero-order valence-electron chi connectivity index (χ0n) is 17.6. The summed E-state index contributed by atoms with van der Waals surface area (Å²) < 4.78 is 51.1. The van der Waals surface area contributed by atoms with Gasteiger partial charge in [0.1, 0.15) is 17.3 Å². The fraction of sp³-hybridized carbons (Fsp3) is 0.333. The van der Waals surface area contributed by atoms with Gasteiger partial charge in [0.15, 0.2) is 5.69 Å². The lowest BCUT2D eigenvalue weighted by Crippen LogP contribution is -2.24. The van der Waals surface area contributed by atoms with E-state index in [1.54, 1.807) is 18.3 Å². The number of aromatic nitrogens is 5. The second-order valence-corrected chi connectivity index (χ2v) is 8.11. The molecule has 2 aliphatic rings. The predicted octanol–water partition coefficient (Wildman–Crippen LogP) is 3.43. The van der Waals surface area contributed by atoms with Crippen molar-refractivity contribution in [2.75, 3.05) is 15.5 Å².